The van der Waals surface area contributed by atoms with Crippen LogP contribution in [0.2, 0.25) is 0 Å². The molecular weight excluding hydrogens is 777 g/mol. The second kappa shape index (κ2) is 13.9. The number of rotatable bonds is 5. The second-order valence-electron chi connectivity index (χ2n) is 17.7. The van der Waals surface area contributed by atoms with Crippen molar-refractivity contribution >= 4 is 54.3 Å². The van der Waals surface area contributed by atoms with Crippen LogP contribution in [-0.2, 0) is 5.41 Å². The van der Waals surface area contributed by atoms with Gasteiger partial charge >= 0.3 is 0 Å². The minimum absolute atomic E-state index is 0.164. The largest absolute Gasteiger partial charge is 0.456 e. The molecule has 1 aliphatic carbocycles. The number of nitrogens with zero attached hydrogens (tertiary/aromatic N) is 2. The first kappa shape index (κ1) is 36.5. The van der Waals surface area contributed by atoms with Gasteiger partial charge in [0.25, 0.3) is 0 Å². The lowest BCUT2D eigenvalue weighted by Gasteiger charge is -2.22. The second-order valence-corrected chi connectivity index (χ2v) is 17.7. The summed E-state index contributed by atoms with van der Waals surface area (Å²) in [6.45, 7) is 4.70. The van der Waals surface area contributed by atoms with Crippen molar-refractivity contribution in [3.05, 3.63) is 217 Å². The Hall–Kier alpha value is -8.14. The predicted octanol–water partition coefficient (Wildman–Crippen LogP) is 16.5. The van der Waals surface area contributed by atoms with E-state index in [1.54, 1.807) is 0 Å². The number of hydrogen-bond donors (Lipinski definition) is 0. The number of aromatic nitrogens is 2. The minimum atomic E-state index is -0.164. The van der Waals surface area contributed by atoms with Crippen molar-refractivity contribution in [2.75, 3.05) is 0 Å². The summed E-state index contributed by atoms with van der Waals surface area (Å²) in [6.07, 6.45) is 0. The molecule has 0 unspecified atom stereocenters. The number of furan rings is 1. The van der Waals surface area contributed by atoms with Crippen LogP contribution in [0, 0.1) is 0 Å². The van der Waals surface area contributed by atoms with E-state index in [0.717, 1.165) is 72.1 Å². The molecule has 0 fully saturated rings. The third-order valence-corrected chi connectivity index (χ3v) is 13.7. The molecular formula is C61H40N2O. The van der Waals surface area contributed by atoms with Crippen molar-refractivity contribution in [3.63, 3.8) is 0 Å². The van der Waals surface area contributed by atoms with E-state index in [1.807, 2.05) is 6.07 Å². The Labute approximate surface area is 371 Å². The molecule has 2 heterocycles. The van der Waals surface area contributed by atoms with Crippen molar-refractivity contribution in [3.8, 4) is 67.3 Å². The van der Waals surface area contributed by atoms with Crippen LogP contribution in [-0.4, -0.2) is 9.97 Å². The van der Waals surface area contributed by atoms with E-state index in [1.165, 1.54) is 54.7 Å². The quantitative estimate of drug-likeness (QED) is 0.174. The molecule has 3 heteroatoms. The fourth-order valence-corrected chi connectivity index (χ4v) is 10.6. The summed E-state index contributed by atoms with van der Waals surface area (Å²) in [5.41, 5.74) is 16.5. The van der Waals surface area contributed by atoms with Crippen molar-refractivity contribution in [1.29, 1.82) is 0 Å². The van der Waals surface area contributed by atoms with Gasteiger partial charge in [-0.2, -0.15) is 0 Å². The van der Waals surface area contributed by atoms with Gasteiger partial charge in [0.05, 0.1) is 11.4 Å². The van der Waals surface area contributed by atoms with Crippen LogP contribution < -0.4 is 0 Å². The van der Waals surface area contributed by atoms with Gasteiger partial charge in [-0.25, -0.2) is 9.97 Å². The molecule has 2 aromatic heterocycles. The molecule has 0 atom stereocenters. The first-order chi connectivity index (χ1) is 31.5. The Morgan fingerprint density at radius 2 is 0.953 bits per heavy atom. The molecule has 0 saturated heterocycles. The molecule has 0 saturated carbocycles. The van der Waals surface area contributed by atoms with E-state index in [0.29, 0.717) is 5.82 Å². The number of fused-ring (bicyclic) bond motifs is 10. The standard InChI is InChI=1S/C61H40N2O/c1-61(2)51-24-12-23-49(57(51)50-34-41-17-6-7-18-42(41)35-52(50)61)54-36-53(62-60(63-54)40-15-4-3-5-16-40)48-32-31-43(46-20-10-11-21-47(46)48)38-26-28-39(29-27-38)45-22-13-25-55-58(45)59-44-19-9-8-14-37(44)30-33-56(59)64-55/h3-36H,1-2H3. The van der Waals surface area contributed by atoms with Crippen LogP contribution in [0.1, 0.15) is 25.0 Å². The molecule has 300 valence electrons. The Balaban J connectivity index is 0.951. The Morgan fingerprint density at radius 3 is 1.73 bits per heavy atom. The van der Waals surface area contributed by atoms with Gasteiger partial charge in [0, 0.05) is 32.9 Å². The highest BCUT2D eigenvalue weighted by molar-refractivity contribution is 6.22. The van der Waals surface area contributed by atoms with Crippen LogP contribution >= 0.6 is 0 Å². The molecule has 0 bridgehead atoms. The maximum absolute atomic E-state index is 6.42. The van der Waals surface area contributed by atoms with Crippen LogP contribution in [0.15, 0.2) is 211 Å². The Kier molecular flexibility index (Phi) is 7.95. The van der Waals surface area contributed by atoms with Gasteiger partial charge in [-0.05, 0) is 107 Å². The van der Waals surface area contributed by atoms with E-state index in [-0.39, 0.29) is 5.41 Å². The molecule has 0 radical (unpaired) electrons. The maximum Gasteiger partial charge on any atom is 0.160 e. The van der Waals surface area contributed by atoms with Crippen LogP contribution in [0.25, 0.3) is 122 Å². The third-order valence-electron chi connectivity index (χ3n) is 13.7. The third kappa shape index (κ3) is 5.54. The van der Waals surface area contributed by atoms with Crippen molar-refractivity contribution in [2.24, 2.45) is 0 Å². The molecule has 0 N–H and O–H groups in total. The highest BCUT2D eigenvalue weighted by Crippen LogP contribution is 2.53. The van der Waals surface area contributed by atoms with E-state index in [2.05, 4.69) is 214 Å². The van der Waals surface area contributed by atoms with Crippen molar-refractivity contribution in [2.45, 2.75) is 19.3 Å². The first-order valence-electron chi connectivity index (χ1n) is 22.1. The molecule has 0 amide bonds. The van der Waals surface area contributed by atoms with Gasteiger partial charge < -0.3 is 4.42 Å². The van der Waals surface area contributed by atoms with Gasteiger partial charge in [-0.3, -0.25) is 0 Å². The van der Waals surface area contributed by atoms with Crippen molar-refractivity contribution in [1.82, 2.24) is 9.97 Å². The zero-order valence-corrected chi connectivity index (χ0v) is 35.4. The molecule has 13 rings (SSSR count). The molecule has 0 aliphatic heterocycles. The van der Waals surface area contributed by atoms with Gasteiger partial charge in [0.1, 0.15) is 11.2 Å². The number of benzene rings is 10. The lowest BCUT2D eigenvalue weighted by atomic mass is 9.81. The summed E-state index contributed by atoms with van der Waals surface area (Å²) in [7, 11) is 0. The summed E-state index contributed by atoms with van der Waals surface area (Å²) in [4.78, 5) is 10.7. The molecule has 12 aromatic rings. The van der Waals surface area contributed by atoms with Gasteiger partial charge in [-0.1, -0.05) is 190 Å². The predicted molar refractivity (Wildman–Crippen MR) is 267 cm³/mol. The zero-order chi connectivity index (χ0) is 42.5. The summed E-state index contributed by atoms with van der Waals surface area (Å²) in [6, 6.07) is 74.2. The van der Waals surface area contributed by atoms with E-state index in [9.17, 15) is 0 Å². The Morgan fingerprint density at radius 1 is 0.359 bits per heavy atom. The smallest absolute Gasteiger partial charge is 0.160 e. The van der Waals surface area contributed by atoms with Gasteiger partial charge in [0.15, 0.2) is 5.82 Å². The molecule has 0 spiro atoms. The lowest BCUT2D eigenvalue weighted by Crippen LogP contribution is -2.14. The molecule has 1 aliphatic rings. The summed E-state index contributed by atoms with van der Waals surface area (Å²) in [5, 5.41) is 9.55. The average molecular weight is 817 g/mol. The lowest BCUT2D eigenvalue weighted by molar-refractivity contribution is 0.661. The fraction of sp³-hybridized carbons (Fsp3) is 0.0492. The van der Waals surface area contributed by atoms with Crippen LogP contribution in [0.4, 0.5) is 0 Å². The highest BCUT2D eigenvalue weighted by atomic mass is 16.3. The first-order valence-corrected chi connectivity index (χ1v) is 22.1. The molecule has 3 nitrogen and oxygen atoms in total. The number of hydrogen-bond acceptors (Lipinski definition) is 3. The maximum atomic E-state index is 6.42. The normalized spacial score (nSPS) is 13.0. The summed E-state index contributed by atoms with van der Waals surface area (Å²) < 4.78 is 6.42. The SMILES string of the molecule is CC1(C)c2cc3ccccc3cc2-c2c(-c3cc(-c4ccc(-c5ccc(-c6cccc7oc8ccc9ccccc9c8c67)cc5)c5ccccc45)nc(-c4ccccc4)n3)cccc21. The van der Waals surface area contributed by atoms with E-state index >= 15 is 0 Å². The fourth-order valence-electron chi connectivity index (χ4n) is 10.6. The Bertz CT molecular complexity index is 3860. The summed E-state index contributed by atoms with van der Waals surface area (Å²) in [5.74, 6) is 0.707. The van der Waals surface area contributed by atoms with Crippen LogP contribution in [0.3, 0.4) is 0 Å². The summed E-state index contributed by atoms with van der Waals surface area (Å²) >= 11 is 0. The highest BCUT2D eigenvalue weighted by Gasteiger charge is 2.37. The zero-order valence-electron chi connectivity index (χ0n) is 35.4. The van der Waals surface area contributed by atoms with Crippen LogP contribution in [0.5, 0.6) is 0 Å². The van der Waals surface area contributed by atoms with Crippen molar-refractivity contribution < 1.29 is 4.42 Å². The molecule has 10 aromatic carbocycles. The van der Waals surface area contributed by atoms with E-state index in [4.69, 9.17) is 14.4 Å². The topological polar surface area (TPSA) is 38.9 Å². The van der Waals surface area contributed by atoms with E-state index < -0.39 is 0 Å². The van der Waals surface area contributed by atoms with Gasteiger partial charge in [0.2, 0.25) is 0 Å². The molecule has 64 heavy (non-hydrogen) atoms. The average Bonchev–Trinajstić information content (AvgIpc) is 3.85. The van der Waals surface area contributed by atoms with Gasteiger partial charge in [-0.15, -0.1) is 0 Å². The minimum Gasteiger partial charge on any atom is -0.456 e. The monoisotopic (exact) mass is 816 g/mol.